The molecule has 0 fully saturated rings. The lowest BCUT2D eigenvalue weighted by molar-refractivity contribution is 0.239. The highest BCUT2D eigenvalue weighted by Crippen LogP contribution is 1.96. The third kappa shape index (κ3) is 5.05. The van der Waals surface area contributed by atoms with Gasteiger partial charge in [0, 0.05) is 13.1 Å². The van der Waals surface area contributed by atoms with E-state index < -0.39 is 0 Å². The lowest BCUT2D eigenvalue weighted by Gasteiger charge is -2.09. The first-order chi connectivity index (χ1) is 7.18. The van der Waals surface area contributed by atoms with E-state index in [0.29, 0.717) is 19.0 Å². The topological polar surface area (TPSA) is 41.1 Å². The van der Waals surface area contributed by atoms with Gasteiger partial charge in [0.1, 0.15) is 0 Å². The SMILES string of the molecule is CC(C)CNC(=O)NCc1ccccc1. The van der Waals surface area contributed by atoms with E-state index in [1.54, 1.807) is 0 Å². The standard InChI is InChI=1S/C12H18N2O/c1-10(2)8-13-12(15)14-9-11-6-4-3-5-7-11/h3-7,10H,8-9H2,1-2H3,(H2,13,14,15). The van der Waals surface area contributed by atoms with Crippen molar-refractivity contribution in [3.05, 3.63) is 35.9 Å². The summed E-state index contributed by atoms with van der Waals surface area (Å²) in [5.41, 5.74) is 1.11. The minimum absolute atomic E-state index is 0.104. The smallest absolute Gasteiger partial charge is 0.315 e. The molecule has 82 valence electrons. The molecule has 3 nitrogen and oxygen atoms in total. The number of amides is 2. The molecule has 1 rings (SSSR count). The molecule has 0 atom stereocenters. The molecule has 0 radical (unpaired) electrons. The monoisotopic (exact) mass is 206 g/mol. The number of hydrogen-bond acceptors (Lipinski definition) is 1. The molecule has 1 aromatic rings. The normalized spacial score (nSPS) is 10.1. The Morgan fingerprint density at radius 3 is 2.47 bits per heavy atom. The number of urea groups is 1. The lowest BCUT2D eigenvalue weighted by Crippen LogP contribution is -2.36. The van der Waals surface area contributed by atoms with Crippen LogP contribution in [0.15, 0.2) is 30.3 Å². The maximum absolute atomic E-state index is 11.3. The Bertz CT molecular complexity index is 296. The van der Waals surface area contributed by atoms with E-state index in [4.69, 9.17) is 0 Å². The van der Waals surface area contributed by atoms with Gasteiger partial charge >= 0.3 is 6.03 Å². The van der Waals surface area contributed by atoms with Gasteiger partial charge in [-0.05, 0) is 11.5 Å². The molecule has 2 N–H and O–H groups in total. The molecular weight excluding hydrogens is 188 g/mol. The summed E-state index contributed by atoms with van der Waals surface area (Å²) in [7, 11) is 0. The summed E-state index contributed by atoms with van der Waals surface area (Å²) < 4.78 is 0. The summed E-state index contributed by atoms with van der Waals surface area (Å²) in [5.74, 6) is 0.479. The van der Waals surface area contributed by atoms with E-state index in [-0.39, 0.29) is 6.03 Å². The molecule has 0 aliphatic carbocycles. The Labute approximate surface area is 90.9 Å². The fourth-order valence-electron chi connectivity index (χ4n) is 1.14. The highest BCUT2D eigenvalue weighted by molar-refractivity contribution is 5.73. The average Bonchev–Trinajstić information content (AvgIpc) is 2.25. The van der Waals surface area contributed by atoms with Gasteiger partial charge in [-0.2, -0.15) is 0 Å². The second-order valence-electron chi connectivity index (χ2n) is 3.94. The predicted molar refractivity (Wildman–Crippen MR) is 61.5 cm³/mol. The van der Waals surface area contributed by atoms with Crippen LogP contribution in [0.25, 0.3) is 0 Å². The first kappa shape index (κ1) is 11.6. The van der Waals surface area contributed by atoms with Gasteiger partial charge in [-0.1, -0.05) is 44.2 Å². The Balaban J connectivity index is 2.23. The first-order valence-corrected chi connectivity index (χ1v) is 5.24. The minimum Gasteiger partial charge on any atom is -0.338 e. The van der Waals surface area contributed by atoms with Crippen molar-refractivity contribution in [3.8, 4) is 0 Å². The number of carbonyl (C=O) groups is 1. The number of hydrogen-bond donors (Lipinski definition) is 2. The molecule has 2 amide bonds. The third-order valence-electron chi connectivity index (χ3n) is 1.97. The zero-order chi connectivity index (χ0) is 11.1. The van der Waals surface area contributed by atoms with Gasteiger partial charge in [0.15, 0.2) is 0 Å². The highest BCUT2D eigenvalue weighted by atomic mass is 16.2. The molecule has 0 aliphatic heterocycles. The Morgan fingerprint density at radius 2 is 1.87 bits per heavy atom. The highest BCUT2D eigenvalue weighted by Gasteiger charge is 2.00. The number of nitrogens with one attached hydrogen (secondary N) is 2. The van der Waals surface area contributed by atoms with E-state index >= 15 is 0 Å². The molecular formula is C12H18N2O. The first-order valence-electron chi connectivity index (χ1n) is 5.24. The molecule has 0 unspecified atom stereocenters. The van der Waals surface area contributed by atoms with Gasteiger partial charge in [0.25, 0.3) is 0 Å². The zero-order valence-corrected chi connectivity index (χ0v) is 9.29. The summed E-state index contributed by atoms with van der Waals surface area (Å²) >= 11 is 0. The molecule has 15 heavy (non-hydrogen) atoms. The van der Waals surface area contributed by atoms with Crippen LogP contribution in [-0.4, -0.2) is 12.6 Å². The molecule has 3 heteroatoms. The fraction of sp³-hybridized carbons (Fsp3) is 0.417. The summed E-state index contributed by atoms with van der Waals surface area (Å²) in [6, 6.07) is 9.76. The van der Waals surface area contributed by atoms with Crippen LogP contribution in [-0.2, 0) is 6.54 Å². The third-order valence-corrected chi connectivity index (χ3v) is 1.97. The van der Waals surface area contributed by atoms with Crippen molar-refractivity contribution in [2.45, 2.75) is 20.4 Å². The van der Waals surface area contributed by atoms with Crippen molar-refractivity contribution < 1.29 is 4.79 Å². The lowest BCUT2D eigenvalue weighted by atomic mass is 10.2. The summed E-state index contributed by atoms with van der Waals surface area (Å²) in [6.07, 6.45) is 0. The average molecular weight is 206 g/mol. The van der Waals surface area contributed by atoms with Crippen LogP contribution >= 0.6 is 0 Å². The molecule has 0 aromatic heterocycles. The van der Waals surface area contributed by atoms with Gasteiger partial charge in [0.05, 0.1) is 0 Å². The van der Waals surface area contributed by atoms with E-state index in [2.05, 4.69) is 24.5 Å². The molecule has 0 bridgehead atoms. The number of carbonyl (C=O) groups excluding carboxylic acids is 1. The zero-order valence-electron chi connectivity index (χ0n) is 9.29. The van der Waals surface area contributed by atoms with Crippen LogP contribution in [0.5, 0.6) is 0 Å². The molecule has 0 saturated carbocycles. The van der Waals surface area contributed by atoms with Crippen molar-refractivity contribution in [2.24, 2.45) is 5.92 Å². The maximum atomic E-state index is 11.3. The van der Waals surface area contributed by atoms with Crippen molar-refractivity contribution >= 4 is 6.03 Å². The molecule has 0 aliphatic rings. The van der Waals surface area contributed by atoms with Gasteiger partial charge in [-0.15, -0.1) is 0 Å². The van der Waals surface area contributed by atoms with Crippen LogP contribution in [0.1, 0.15) is 19.4 Å². The Hall–Kier alpha value is -1.51. The van der Waals surface area contributed by atoms with Crippen molar-refractivity contribution in [1.82, 2.24) is 10.6 Å². The van der Waals surface area contributed by atoms with E-state index in [1.165, 1.54) is 0 Å². The van der Waals surface area contributed by atoms with Gasteiger partial charge in [0.2, 0.25) is 0 Å². The molecule has 0 saturated heterocycles. The number of rotatable bonds is 4. The van der Waals surface area contributed by atoms with Gasteiger partial charge < -0.3 is 10.6 Å². The van der Waals surface area contributed by atoms with Gasteiger partial charge in [-0.3, -0.25) is 0 Å². The largest absolute Gasteiger partial charge is 0.338 e. The number of benzene rings is 1. The second-order valence-corrected chi connectivity index (χ2v) is 3.94. The molecule has 0 spiro atoms. The van der Waals surface area contributed by atoms with Gasteiger partial charge in [-0.25, -0.2) is 4.79 Å². The van der Waals surface area contributed by atoms with E-state index in [0.717, 1.165) is 5.56 Å². The van der Waals surface area contributed by atoms with Crippen LogP contribution < -0.4 is 10.6 Å². The van der Waals surface area contributed by atoms with Crippen molar-refractivity contribution in [1.29, 1.82) is 0 Å². The Morgan fingerprint density at radius 1 is 1.20 bits per heavy atom. The predicted octanol–water partition coefficient (Wildman–Crippen LogP) is 2.14. The summed E-state index contributed by atoms with van der Waals surface area (Å²) in [5, 5.41) is 5.61. The van der Waals surface area contributed by atoms with Crippen LogP contribution in [0.4, 0.5) is 4.79 Å². The summed E-state index contributed by atoms with van der Waals surface area (Å²) in [6.45, 7) is 5.42. The van der Waals surface area contributed by atoms with Crippen LogP contribution in [0.2, 0.25) is 0 Å². The second kappa shape index (κ2) is 6.06. The summed E-state index contributed by atoms with van der Waals surface area (Å²) in [4.78, 5) is 11.3. The van der Waals surface area contributed by atoms with E-state index in [1.807, 2.05) is 30.3 Å². The Kier molecular flexibility index (Phi) is 4.68. The molecule has 0 heterocycles. The maximum Gasteiger partial charge on any atom is 0.315 e. The van der Waals surface area contributed by atoms with Crippen molar-refractivity contribution in [2.75, 3.05) is 6.54 Å². The quantitative estimate of drug-likeness (QED) is 0.778. The fourth-order valence-corrected chi connectivity index (χ4v) is 1.14. The van der Waals surface area contributed by atoms with Crippen LogP contribution in [0.3, 0.4) is 0 Å². The van der Waals surface area contributed by atoms with Crippen LogP contribution in [0, 0.1) is 5.92 Å². The minimum atomic E-state index is -0.104. The van der Waals surface area contributed by atoms with E-state index in [9.17, 15) is 4.79 Å². The molecule has 1 aromatic carbocycles. The van der Waals surface area contributed by atoms with Crippen molar-refractivity contribution in [3.63, 3.8) is 0 Å².